The number of hydrogen-bond donors (Lipinski definition) is 3. The second-order valence-corrected chi connectivity index (χ2v) is 6.17. The third-order valence-corrected chi connectivity index (χ3v) is 4.16. The van der Waals surface area contributed by atoms with Crippen LogP contribution in [0.5, 0.6) is 11.5 Å². The summed E-state index contributed by atoms with van der Waals surface area (Å²) in [6, 6.07) is 13.7. The number of phenols is 1. The maximum atomic E-state index is 12.2. The molecule has 3 rings (SSSR count). The van der Waals surface area contributed by atoms with Crippen molar-refractivity contribution in [3.05, 3.63) is 69.0 Å². The van der Waals surface area contributed by atoms with Crippen molar-refractivity contribution in [3.63, 3.8) is 0 Å². The van der Waals surface area contributed by atoms with E-state index < -0.39 is 5.56 Å². The summed E-state index contributed by atoms with van der Waals surface area (Å²) in [5, 5.41) is 23.4. The minimum atomic E-state index is -0.583. The first-order chi connectivity index (χ1) is 14.0. The quantitative estimate of drug-likeness (QED) is 0.422. The first-order valence-electron chi connectivity index (χ1n) is 8.57. The summed E-state index contributed by atoms with van der Waals surface area (Å²) in [7, 11) is 0. The van der Waals surface area contributed by atoms with E-state index in [2.05, 4.69) is 20.5 Å². The summed E-state index contributed by atoms with van der Waals surface area (Å²) in [4.78, 5) is 19.0. The molecule has 0 saturated carbocycles. The van der Waals surface area contributed by atoms with Crippen LogP contribution in [-0.2, 0) is 0 Å². The Balaban J connectivity index is 1.90. The summed E-state index contributed by atoms with van der Waals surface area (Å²) < 4.78 is 5.32. The van der Waals surface area contributed by atoms with Crippen molar-refractivity contribution in [3.8, 4) is 28.8 Å². The van der Waals surface area contributed by atoms with Crippen LogP contribution in [0.1, 0.15) is 18.1 Å². The van der Waals surface area contributed by atoms with Gasteiger partial charge in [0.1, 0.15) is 11.6 Å². The Bertz CT molecular complexity index is 1150. The second kappa shape index (κ2) is 8.91. The van der Waals surface area contributed by atoms with Crippen LogP contribution in [0.2, 0.25) is 5.02 Å². The molecule has 146 valence electrons. The van der Waals surface area contributed by atoms with Crippen LogP contribution in [0, 0.1) is 11.3 Å². The Morgan fingerprint density at radius 3 is 2.83 bits per heavy atom. The van der Waals surface area contributed by atoms with Gasteiger partial charge in [0.2, 0.25) is 5.95 Å². The van der Waals surface area contributed by atoms with Gasteiger partial charge in [-0.15, -0.1) is 0 Å². The van der Waals surface area contributed by atoms with Gasteiger partial charge in [-0.3, -0.25) is 9.78 Å². The van der Waals surface area contributed by atoms with Gasteiger partial charge in [0.05, 0.1) is 23.5 Å². The van der Waals surface area contributed by atoms with Crippen molar-refractivity contribution in [2.75, 3.05) is 12.0 Å². The van der Waals surface area contributed by atoms with Crippen molar-refractivity contribution in [2.24, 2.45) is 5.10 Å². The summed E-state index contributed by atoms with van der Waals surface area (Å²) >= 11 is 6.11. The number of nitrogens with zero attached hydrogens (tertiary/aromatic N) is 3. The molecule has 0 fully saturated rings. The lowest BCUT2D eigenvalue weighted by Crippen LogP contribution is -2.16. The van der Waals surface area contributed by atoms with Crippen molar-refractivity contribution >= 4 is 23.8 Å². The minimum Gasteiger partial charge on any atom is -0.504 e. The Kier molecular flexibility index (Phi) is 6.12. The molecule has 0 amide bonds. The maximum Gasteiger partial charge on any atom is 0.270 e. The topological polar surface area (TPSA) is 123 Å². The molecule has 2 aromatic carbocycles. The van der Waals surface area contributed by atoms with Gasteiger partial charge in [0.15, 0.2) is 11.5 Å². The van der Waals surface area contributed by atoms with Gasteiger partial charge in [0.25, 0.3) is 5.56 Å². The van der Waals surface area contributed by atoms with Crippen LogP contribution in [0.25, 0.3) is 11.3 Å². The van der Waals surface area contributed by atoms with Crippen LogP contribution < -0.4 is 15.7 Å². The normalized spacial score (nSPS) is 10.7. The molecule has 0 aliphatic rings. The third-order valence-electron chi connectivity index (χ3n) is 3.83. The number of benzene rings is 2. The van der Waals surface area contributed by atoms with Crippen molar-refractivity contribution in [2.45, 2.75) is 6.92 Å². The van der Waals surface area contributed by atoms with Crippen LogP contribution in [0.15, 0.2) is 52.4 Å². The fourth-order valence-corrected chi connectivity index (χ4v) is 2.73. The fraction of sp³-hybridized carbons (Fsp3) is 0.100. The van der Waals surface area contributed by atoms with Gasteiger partial charge in [-0.2, -0.15) is 10.4 Å². The number of phenolic OH excluding ortho intramolecular Hbond substituents is 1. The monoisotopic (exact) mass is 409 g/mol. The van der Waals surface area contributed by atoms with E-state index in [0.29, 0.717) is 17.7 Å². The highest BCUT2D eigenvalue weighted by Gasteiger charge is 2.13. The third kappa shape index (κ3) is 4.54. The number of nitrogens with one attached hydrogen (secondary N) is 2. The van der Waals surface area contributed by atoms with E-state index in [1.165, 1.54) is 18.3 Å². The van der Waals surface area contributed by atoms with E-state index >= 15 is 0 Å². The molecule has 0 spiro atoms. The molecule has 0 bridgehead atoms. The van der Waals surface area contributed by atoms with Gasteiger partial charge < -0.3 is 9.84 Å². The van der Waals surface area contributed by atoms with E-state index in [1.807, 2.05) is 12.1 Å². The molecule has 3 aromatic rings. The zero-order valence-corrected chi connectivity index (χ0v) is 16.1. The van der Waals surface area contributed by atoms with E-state index in [1.54, 1.807) is 31.2 Å². The molecular weight excluding hydrogens is 394 g/mol. The number of nitriles is 1. The predicted octanol–water partition coefficient (Wildman–Crippen LogP) is 3.51. The molecule has 8 nitrogen and oxygen atoms in total. The SMILES string of the molecule is CCOc1cc(C=NNc2nc(-c3ccccc3)c(C#N)c(=O)[nH]2)c(Cl)cc1O. The van der Waals surface area contributed by atoms with Crippen LogP contribution >= 0.6 is 11.6 Å². The number of anilines is 1. The molecule has 1 aromatic heterocycles. The largest absolute Gasteiger partial charge is 0.504 e. The van der Waals surface area contributed by atoms with Crippen LogP contribution in [-0.4, -0.2) is 27.9 Å². The minimum absolute atomic E-state index is 0.0593. The number of hydrazone groups is 1. The zero-order chi connectivity index (χ0) is 20.8. The Labute approximate surface area is 171 Å². The average Bonchev–Trinajstić information content (AvgIpc) is 2.71. The van der Waals surface area contributed by atoms with Crippen molar-refractivity contribution < 1.29 is 9.84 Å². The lowest BCUT2D eigenvalue weighted by Gasteiger charge is -2.08. The first kappa shape index (κ1) is 19.9. The number of halogens is 1. The number of aromatic hydroxyl groups is 1. The van der Waals surface area contributed by atoms with Gasteiger partial charge in [-0.1, -0.05) is 41.9 Å². The molecule has 29 heavy (non-hydrogen) atoms. The Hall–Kier alpha value is -3.83. The Morgan fingerprint density at radius 2 is 2.14 bits per heavy atom. The molecular formula is C20H16ClN5O3. The molecule has 0 radical (unpaired) electrons. The highest BCUT2D eigenvalue weighted by Crippen LogP contribution is 2.31. The molecule has 0 aliphatic carbocycles. The zero-order valence-electron chi connectivity index (χ0n) is 15.3. The summed E-state index contributed by atoms with van der Waals surface area (Å²) in [6.07, 6.45) is 1.39. The number of ether oxygens (including phenoxy) is 1. The summed E-state index contributed by atoms with van der Waals surface area (Å²) in [5.74, 6) is 0.256. The van der Waals surface area contributed by atoms with E-state index in [-0.39, 0.29) is 33.7 Å². The number of aromatic nitrogens is 2. The number of rotatable bonds is 6. The lowest BCUT2D eigenvalue weighted by atomic mass is 10.1. The molecule has 3 N–H and O–H groups in total. The highest BCUT2D eigenvalue weighted by molar-refractivity contribution is 6.33. The fourth-order valence-electron chi connectivity index (χ4n) is 2.53. The van der Waals surface area contributed by atoms with E-state index in [0.717, 1.165) is 0 Å². The molecule has 0 saturated heterocycles. The molecule has 0 atom stereocenters. The summed E-state index contributed by atoms with van der Waals surface area (Å²) in [6.45, 7) is 2.17. The van der Waals surface area contributed by atoms with Gasteiger partial charge in [0, 0.05) is 17.2 Å². The second-order valence-electron chi connectivity index (χ2n) is 5.76. The molecule has 1 heterocycles. The van der Waals surface area contributed by atoms with Crippen LogP contribution in [0.3, 0.4) is 0 Å². The standard InChI is InChI=1S/C20H16ClN5O3/c1-2-29-17-8-13(15(21)9-16(17)27)11-23-26-20-24-18(12-6-4-3-5-7-12)14(10-22)19(28)25-20/h3-9,11,27H,2H2,1H3,(H2,24,25,26,28). The van der Waals surface area contributed by atoms with E-state index in [9.17, 15) is 15.2 Å². The van der Waals surface area contributed by atoms with Gasteiger partial charge in [-0.25, -0.2) is 10.4 Å². The first-order valence-corrected chi connectivity index (χ1v) is 8.95. The van der Waals surface area contributed by atoms with Gasteiger partial charge in [-0.05, 0) is 13.0 Å². The molecule has 9 heteroatoms. The lowest BCUT2D eigenvalue weighted by molar-refractivity contribution is 0.318. The Morgan fingerprint density at radius 1 is 1.38 bits per heavy atom. The number of H-pyrrole nitrogens is 1. The molecule has 0 aliphatic heterocycles. The van der Waals surface area contributed by atoms with Crippen LogP contribution in [0.4, 0.5) is 5.95 Å². The molecule has 0 unspecified atom stereocenters. The van der Waals surface area contributed by atoms with Gasteiger partial charge >= 0.3 is 0 Å². The average molecular weight is 410 g/mol. The number of aromatic amines is 1. The number of hydrogen-bond acceptors (Lipinski definition) is 7. The summed E-state index contributed by atoms with van der Waals surface area (Å²) in [5.41, 5.74) is 3.31. The van der Waals surface area contributed by atoms with Crippen molar-refractivity contribution in [1.82, 2.24) is 9.97 Å². The van der Waals surface area contributed by atoms with E-state index in [4.69, 9.17) is 16.3 Å². The maximum absolute atomic E-state index is 12.2. The smallest absolute Gasteiger partial charge is 0.270 e. The predicted molar refractivity (Wildman–Crippen MR) is 111 cm³/mol. The highest BCUT2D eigenvalue weighted by atomic mass is 35.5. The van der Waals surface area contributed by atoms with Crippen molar-refractivity contribution in [1.29, 1.82) is 5.26 Å².